The number of amides is 1. The van der Waals surface area contributed by atoms with Gasteiger partial charge < -0.3 is 10.4 Å². The third-order valence-electron chi connectivity index (χ3n) is 4.60. The molecule has 1 aliphatic rings. The van der Waals surface area contributed by atoms with Crippen molar-refractivity contribution in [2.45, 2.75) is 42.5 Å². The predicted octanol–water partition coefficient (Wildman–Crippen LogP) is 4.75. The molecule has 2 aromatic rings. The molecule has 182 valence electrons. The van der Waals surface area contributed by atoms with Crippen LogP contribution in [0.25, 0.3) is 0 Å². The maximum absolute atomic E-state index is 12.5. The Kier molecular flexibility index (Phi) is 8.57. The number of halogens is 4. The van der Waals surface area contributed by atoms with Crippen LogP contribution in [0, 0.1) is 5.92 Å². The maximum Gasteiger partial charge on any atom is 0.490 e. The van der Waals surface area contributed by atoms with Crippen LogP contribution in [0.3, 0.4) is 0 Å². The lowest BCUT2D eigenvalue weighted by molar-refractivity contribution is -0.192. The minimum Gasteiger partial charge on any atom is -0.475 e. The number of hydrogen-bond acceptors (Lipinski definition) is 5. The summed E-state index contributed by atoms with van der Waals surface area (Å²) in [7, 11) is -3.60. The molecule has 0 unspecified atom stereocenters. The maximum atomic E-state index is 12.5. The van der Waals surface area contributed by atoms with Crippen molar-refractivity contribution < 1.29 is 36.3 Å². The fourth-order valence-electron chi connectivity index (χ4n) is 2.74. The van der Waals surface area contributed by atoms with Gasteiger partial charge in [-0.25, -0.2) is 13.2 Å². The minimum absolute atomic E-state index is 0.0583. The number of alkyl halides is 3. The lowest BCUT2D eigenvalue weighted by Gasteiger charge is -2.17. The summed E-state index contributed by atoms with van der Waals surface area (Å²) in [5, 5.41) is 10.1. The van der Waals surface area contributed by atoms with E-state index in [1.807, 2.05) is 12.1 Å². The third kappa shape index (κ3) is 7.44. The van der Waals surface area contributed by atoms with Crippen molar-refractivity contribution in [1.29, 1.82) is 0 Å². The molecule has 1 fully saturated rings. The van der Waals surface area contributed by atoms with Crippen LogP contribution in [0.4, 0.5) is 18.9 Å². The van der Waals surface area contributed by atoms with Crippen molar-refractivity contribution in [2.75, 3.05) is 11.3 Å². The number of hydrogen-bond donors (Lipinski definition) is 3. The highest BCUT2D eigenvalue weighted by atomic mass is 79.9. The van der Waals surface area contributed by atoms with E-state index in [0.29, 0.717) is 18.2 Å². The van der Waals surface area contributed by atoms with E-state index in [2.05, 4.69) is 39.8 Å². The molecule has 0 aliphatic heterocycles. The SMILES string of the molecule is CC(C)CNC(=O)C1(c2ccc(NS(=O)(=O)c3ccc(Br)s3)cc2)CC1.O=C(O)C(F)(F)F. The van der Waals surface area contributed by atoms with Crippen LogP contribution in [0.5, 0.6) is 0 Å². The molecule has 1 amide bonds. The molecule has 13 heteroatoms. The number of benzene rings is 1. The van der Waals surface area contributed by atoms with Crippen LogP contribution in [-0.4, -0.2) is 38.1 Å². The second kappa shape index (κ2) is 10.4. The fraction of sp³-hybridized carbons (Fsp3) is 0.400. The van der Waals surface area contributed by atoms with Crippen LogP contribution >= 0.6 is 27.3 Å². The molecule has 0 saturated heterocycles. The van der Waals surface area contributed by atoms with Gasteiger partial charge in [0.05, 0.1) is 9.20 Å². The van der Waals surface area contributed by atoms with Crippen molar-refractivity contribution in [1.82, 2.24) is 5.32 Å². The smallest absolute Gasteiger partial charge is 0.475 e. The van der Waals surface area contributed by atoms with E-state index >= 15 is 0 Å². The zero-order valence-corrected chi connectivity index (χ0v) is 20.8. The predicted molar refractivity (Wildman–Crippen MR) is 122 cm³/mol. The van der Waals surface area contributed by atoms with Gasteiger partial charge in [-0.2, -0.15) is 13.2 Å². The normalized spacial score (nSPS) is 14.8. The Labute approximate surface area is 201 Å². The molecule has 0 atom stereocenters. The summed E-state index contributed by atoms with van der Waals surface area (Å²) in [6.45, 7) is 4.79. The van der Waals surface area contributed by atoms with E-state index in [-0.39, 0.29) is 10.1 Å². The van der Waals surface area contributed by atoms with E-state index in [1.54, 1.807) is 24.3 Å². The first-order valence-electron chi connectivity index (χ1n) is 9.64. The Morgan fingerprint density at radius 2 is 1.70 bits per heavy atom. The molecule has 3 N–H and O–H groups in total. The number of sulfonamides is 1. The number of rotatable bonds is 7. The summed E-state index contributed by atoms with van der Waals surface area (Å²) in [4.78, 5) is 21.4. The molecule has 7 nitrogen and oxygen atoms in total. The molecule has 0 radical (unpaired) electrons. The Bertz CT molecular complexity index is 1100. The minimum atomic E-state index is -5.08. The van der Waals surface area contributed by atoms with Gasteiger partial charge in [0.15, 0.2) is 0 Å². The lowest BCUT2D eigenvalue weighted by atomic mass is 9.94. The molecule has 0 spiro atoms. The average molecular weight is 571 g/mol. The molecule has 0 bridgehead atoms. The Hall–Kier alpha value is -2.12. The van der Waals surface area contributed by atoms with Gasteiger partial charge in [-0.15, -0.1) is 11.3 Å². The first-order valence-corrected chi connectivity index (χ1v) is 12.7. The molecule has 3 rings (SSSR count). The molecule has 1 heterocycles. The molecule has 1 aliphatic carbocycles. The summed E-state index contributed by atoms with van der Waals surface area (Å²) >= 11 is 4.43. The van der Waals surface area contributed by atoms with E-state index in [1.165, 1.54) is 0 Å². The van der Waals surface area contributed by atoms with Gasteiger partial charge in [-0.1, -0.05) is 26.0 Å². The zero-order valence-electron chi connectivity index (χ0n) is 17.6. The number of aliphatic carboxylic acids is 1. The van der Waals surface area contributed by atoms with E-state index in [9.17, 15) is 26.4 Å². The van der Waals surface area contributed by atoms with Crippen molar-refractivity contribution >= 4 is 54.9 Å². The molecular weight excluding hydrogens is 549 g/mol. The van der Waals surface area contributed by atoms with Gasteiger partial charge in [-0.05, 0) is 64.5 Å². The number of thiophene rings is 1. The second-order valence-corrected chi connectivity index (χ2v) is 12.1. The van der Waals surface area contributed by atoms with Crippen molar-refractivity contribution in [3.63, 3.8) is 0 Å². The van der Waals surface area contributed by atoms with Gasteiger partial charge in [-0.3, -0.25) is 9.52 Å². The van der Waals surface area contributed by atoms with Gasteiger partial charge in [0.1, 0.15) is 4.21 Å². The fourth-order valence-corrected chi connectivity index (χ4v) is 5.81. The Morgan fingerprint density at radius 3 is 2.09 bits per heavy atom. The summed E-state index contributed by atoms with van der Waals surface area (Å²) in [6, 6.07) is 10.4. The topological polar surface area (TPSA) is 113 Å². The summed E-state index contributed by atoms with van der Waals surface area (Å²) in [5.74, 6) is -2.29. The molecule has 1 saturated carbocycles. The number of carbonyl (C=O) groups is 2. The first kappa shape index (κ1) is 27.1. The number of nitrogens with one attached hydrogen (secondary N) is 2. The van der Waals surface area contributed by atoms with Gasteiger partial charge >= 0.3 is 12.1 Å². The highest BCUT2D eigenvalue weighted by molar-refractivity contribution is 9.11. The summed E-state index contributed by atoms with van der Waals surface area (Å²) < 4.78 is 60.1. The number of carboxylic acid groups (broad SMARTS) is 1. The first-order chi connectivity index (χ1) is 15.2. The quantitative estimate of drug-likeness (QED) is 0.444. The average Bonchev–Trinajstić information content (AvgIpc) is 3.40. The van der Waals surface area contributed by atoms with E-state index in [4.69, 9.17) is 9.90 Å². The summed E-state index contributed by atoms with van der Waals surface area (Å²) in [5.41, 5.74) is 0.961. The van der Waals surface area contributed by atoms with Gasteiger partial charge in [0.25, 0.3) is 10.0 Å². The van der Waals surface area contributed by atoms with Gasteiger partial charge in [0, 0.05) is 12.2 Å². The Morgan fingerprint density at radius 1 is 1.15 bits per heavy atom. The van der Waals surface area contributed by atoms with Crippen LogP contribution in [0.15, 0.2) is 44.4 Å². The van der Waals surface area contributed by atoms with Crippen molar-refractivity contribution in [3.8, 4) is 0 Å². The summed E-state index contributed by atoms with van der Waals surface area (Å²) in [6.07, 6.45) is -3.43. The zero-order chi connectivity index (χ0) is 25.0. The van der Waals surface area contributed by atoms with Crippen LogP contribution in [0.2, 0.25) is 0 Å². The third-order valence-corrected chi connectivity index (χ3v) is 8.10. The van der Waals surface area contributed by atoms with Crippen molar-refractivity contribution in [3.05, 3.63) is 45.7 Å². The van der Waals surface area contributed by atoms with Crippen LogP contribution in [-0.2, 0) is 25.0 Å². The number of carboxylic acids is 1. The molecular formula is C20H22BrF3N2O5S2. The number of carbonyl (C=O) groups excluding carboxylic acids is 1. The van der Waals surface area contributed by atoms with Gasteiger partial charge in [0.2, 0.25) is 5.91 Å². The highest BCUT2D eigenvalue weighted by Crippen LogP contribution is 2.48. The molecule has 1 aromatic carbocycles. The monoisotopic (exact) mass is 570 g/mol. The highest BCUT2D eigenvalue weighted by Gasteiger charge is 2.51. The van der Waals surface area contributed by atoms with Crippen molar-refractivity contribution in [2.24, 2.45) is 5.92 Å². The lowest BCUT2D eigenvalue weighted by Crippen LogP contribution is -2.36. The van der Waals surface area contributed by atoms with Crippen LogP contribution < -0.4 is 10.0 Å². The Balaban J connectivity index is 0.000000479. The standard InChI is InChI=1S/C18H21BrN2O3S2.C2HF3O2/c1-12(2)11-20-17(22)18(9-10-18)13-3-5-14(6-4-13)21-26(23,24)16-8-7-15(19)25-16;3-2(4,5)1(6)7/h3-8,12,21H,9-11H2,1-2H3,(H,20,22);(H,6,7). The molecule has 1 aromatic heterocycles. The largest absolute Gasteiger partial charge is 0.490 e. The molecule has 33 heavy (non-hydrogen) atoms. The van der Waals surface area contributed by atoms with E-state index in [0.717, 1.165) is 33.5 Å². The number of anilines is 1. The van der Waals surface area contributed by atoms with E-state index < -0.39 is 27.6 Å². The second-order valence-electron chi connectivity index (χ2n) is 7.73. The van der Waals surface area contributed by atoms with Crippen LogP contribution in [0.1, 0.15) is 32.3 Å².